The molecule has 2 rings (SSSR count). The third-order valence-corrected chi connectivity index (χ3v) is 2.91. The van der Waals surface area contributed by atoms with Crippen molar-refractivity contribution in [2.75, 3.05) is 18.4 Å². The number of hydrogen-bond acceptors (Lipinski definition) is 4. The summed E-state index contributed by atoms with van der Waals surface area (Å²) >= 11 is 0. The molecule has 0 aliphatic heterocycles. The number of amides is 1. The predicted molar refractivity (Wildman–Crippen MR) is 77.6 cm³/mol. The fraction of sp³-hybridized carbons (Fsp3) is 0.357. The molecular formula is C14H18FN5O. The molecule has 2 aromatic heterocycles. The molecule has 3 N–H and O–H groups in total. The lowest BCUT2D eigenvalue weighted by atomic mass is 10.2. The van der Waals surface area contributed by atoms with Crippen LogP contribution in [-0.4, -0.2) is 33.9 Å². The van der Waals surface area contributed by atoms with E-state index >= 15 is 0 Å². The zero-order valence-electron chi connectivity index (χ0n) is 11.8. The molecule has 0 fully saturated rings. The first kappa shape index (κ1) is 15.0. The molecular weight excluding hydrogens is 273 g/mol. The van der Waals surface area contributed by atoms with Crippen molar-refractivity contribution in [3.63, 3.8) is 0 Å². The molecule has 21 heavy (non-hydrogen) atoms. The number of imidazole rings is 1. The van der Waals surface area contributed by atoms with Crippen LogP contribution in [0.1, 0.15) is 29.4 Å². The van der Waals surface area contributed by atoms with E-state index in [1.54, 1.807) is 12.5 Å². The molecule has 0 radical (unpaired) electrons. The van der Waals surface area contributed by atoms with Gasteiger partial charge >= 0.3 is 0 Å². The molecule has 0 aromatic carbocycles. The normalized spacial score (nSPS) is 10.4. The lowest BCUT2D eigenvalue weighted by molar-refractivity contribution is 0.0950. The summed E-state index contributed by atoms with van der Waals surface area (Å²) in [5.74, 6) is -0.961. The topological polar surface area (TPSA) is 82.7 Å². The molecule has 112 valence electrons. The first-order valence-corrected chi connectivity index (χ1v) is 6.86. The van der Waals surface area contributed by atoms with Crippen LogP contribution in [-0.2, 0) is 6.42 Å². The Morgan fingerprint density at radius 1 is 1.43 bits per heavy atom. The Labute approximate surface area is 122 Å². The maximum Gasteiger partial charge on any atom is 0.254 e. The summed E-state index contributed by atoms with van der Waals surface area (Å²) in [6.07, 6.45) is 6.14. The van der Waals surface area contributed by atoms with E-state index in [0.29, 0.717) is 19.5 Å². The zero-order chi connectivity index (χ0) is 15.1. The monoisotopic (exact) mass is 291 g/mol. The second-order valence-electron chi connectivity index (χ2n) is 4.53. The Morgan fingerprint density at radius 3 is 3.00 bits per heavy atom. The largest absolute Gasteiger partial charge is 0.368 e. The Balaban J connectivity index is 1.95. The van der Waals surface area contributed by atoms with Gasteiger partial charge in [-0.3, -0.25) is 4.79 Å². The molecule has 0 unspecified atom stereocenters. The van der Waals surface area contributed by atoms with Crippen LogP contribution in [0, 0.1) is 5.82 Å². The number of H-pyrrole nitrogens is 1. The van der Waals surface area contributed by atoms with E-state index < -0.39 is 11.7 Å². The molecule has 0 saturated heterocycles. The van der Waals surface area contributed by atoms with Crippen molar-refractivity contribution in [3.05, 3.63) is 41.9 Å². The van der Waals surface area contributed by atoms with E-state index in [4.69, 9.17) is 0 Å². The average molecular weight is 291 g/mol. The van der Waals surface area contributed by atoms with Crippen LogP contribution in [0.4, 0.5) is 10.2 Å². The minimum Gasteiger partial charge on any atom is -0.368 e. The smallest absolute Gasteiger partial charge is 0.254 e. The lowest BCUT2D eigenvalue weighted by Crippen LogP contribution is -2.27. The van der Waals surface area contributed by atoms with Gasteiger partial charge in [0.15, 0.2) is 11.6 Å². The van der Waals surface area contributed by atoms with E-state index in [1.165, 1.54) is 12.3 Å². The maximum absolute atomic E-state index is 14.1. The van der Waals surface area contributed by atoms with E-state index in [9.17, 15) is 9.18 Å². The number of halogens is 1. The SMILES string of the molecule is CCCNc1nccc(C(=O)NCCc2cnc[nH]2)c1F. The Bertz CT molecular complexity index is 585. The highest BCUT2D eigenvalue weighted by molar-refractivity contribution is 5.95. The first-order valence-electron chi connectivity index (χ1n) is 6.86. The third-order valence-electron chi connectivity index (χ3n) is 2.91. The van der Waals surface area contributed by atoms with Crippen molar-refractivity contribution in [2.24, 2.45) is 0 Å². The van der Waals surface area contributed by atoms with Gasteiger partial charge in [0.2, 0.25) is 0 Å². The van der Waals surface area contributed by atoms with Gasteiger partial charge in [0.05, 0.1) is 11.9 Å². The fourth-order valence-electron chi connectivity index (χ4n) is 1.81. The number of carbonyl (C=O) groups is 1. The Morgan fingerprint density at radius 2 is 2.29 bits per heavy atom. The highest BCUT2D eigenvalue weighted by Crippen LogP contribution is 2.14. The van der Waals surface area contributed by atoms with Gasteiger partial charge in [-0.25, -0.2) is 14.4 Å². The van der Waals surface area contributed by atoms with Crippen LogP contribution in [0.25, 0.3) is 0 Å². The van der Waals surface area contributed by atoms with Gasteiger partial charge < -0.3 is 15.6 Å². The summed E-state index contributed by atoms with van der Waals surface area (Å²) in [4.78, 5) is 22.7. The Kier molecular flexibility index (Phi) is 5.25. The van der Waals surface area contributed by atoms with Crippen LogP contribution in [0.2, 0.25) is 0 Å². The highest BCUT2D eigenvalue weighted by atomic mass is 19.1. The summed E-state index contributed by atoms with van der Waals surface area (Å²) in [6, 6.07) is 1.37. The van der Waals surface area contributed by atoms with E-state index in [2.05, 4.69) is 25.6 Å². The van der Waals surface area contributed by atoms with Gasteiger partial charge in [-0.05, 0) is 12.5 Å². The predicted octanol–water partition coefficient (Wildman–Crippen LogP) is 1.74. The second-order valence-corrected chi connectivity index (χ2v) is 4.53. The van der Waals surface area contributed by atoms with E-state index in [1.807, 2.05) is 6.92 Å². The summed E-state index contributed by atoms with van der Waals surface area (Å²) in [6.45, 7) is 2.98. The van der Waals surface area contributed by atoms with Crippen LogP contribution in [0.5, 0.6) is 0 Å². The Hall–Kier alpha value is -2.44. The molecule has 2 aromatic rings. The van der Waals surface area contributed by atoms with Crippen molar-refractivity contribution >= 4 is 11.7 Å². The van der Waals surface area contributed by atoms with Crippen LogP contribution < -0.4 is 10.6 Å². The number of aromatic amines is 1. The fourth-order valence-corrected chi connectivity index (χ4v) is 1.81. The van der Waals surface area contributed by atoms with Crippen molar-refractivity contribution in [1.82, 2.24) is 20.3 Å². The number of aromatic nitrogens is 3. The quantitative estimate of drug-likeness (QED) is 0.725. The van der Waals surface area contributed by atoms with Crippen molar-refractivity contribution in [3.8, 4) is 0 Å². The summed E-state index contributed by atoms with van der Waals surface area (Å²) in [7, 11) is 0. The second kappa shape index (κ2) is 7.37. The number of nitrogens with one attached hydrogen (secondary N) is 3. The summed E-state index contributed by atoms with van der Waals surface area (Å²) < 4.78 is 14.1. The molecule has 0 aliphatic carbocycles. The van der Waals surface area contributed by atoms with Crippen molar-refractivity contribution in [2.45, 2.75) is 19.8 Å². The summed E-state index contributed by atoms with van der Waals surface area (Å²) in [5.41, 5.74) is 0.906. The maximum atomic E-state index is 14.1. The molecule has 2 heterocycles. The number of nitrogens with zero attached hydrogens (tertiary/aromatic N) is 2. The summed E-state index contributed by atoms with van der Waals surface area (Å²) in [5, 5.41) is 5.54. The molecule has 0 spiro atoms. The number of rotatable bonds is 7. The van der Waals surface area contributed by atoms with Gasteiger partial charge in [0, 0.05) is 37.6 Å². The number of carbonyl (C=O) groups excluding carboxylic acids is 1. The van der Waals surface area contributed by atoms with E-state index in [-0.39, 0.29) is 11.4 Å². The van der Waals surface area contributed by atoms with Gasteiger partial charge in [-0.2, -0.15) is 0 Å². The van der Waals surface area contributed by atoms with Gasteiger partial charge in [-0.1, -0.05) is 6.92 Å². The number of pyridine rings is 1. The standard InChI is InChI=1S/C14H18FN5O/c1-2-5-17-13-12(15)11(4-7-18-13)14(21)19-6-3-10-8-16-9-20-10/h4,7-9H,2-3,5-6H2,1H3,(H,16,20)(H,17,18)(H,19,21). The van der Waals surface area contributed by atoms with E-state index in [0.717, 1.165) is 12.1 Å². The van der Waals surface area contributed by atoms with Gasteiger partial charge in [0.1, 0.15) is 0 Å². The first-order chi connectivity index (χ1) is 10.2. The third kappa shape index (κ3) is 4.01. The molecule has 0 aliphatic rings. The van der Waals surface area contributed by atoms with Crippen LogP contribution in [0.3, 0.4) is 0 Å². The van der Waals surface area contributed by atoms with Gasteiger partial charge in [-0.15, -0.1) is 0 Å². The van der Waals surface area contributed by atoms with Crippen LogP contribution in [0.15, 0.2) is 24.8 Å². The molecule has 0 saturated carbocycles. The molecule has 7 heteroatoms. The minimum atomic E-state index is -0.620. The highest BCUT2D eigenvalue weighted by Gasteiger charge is 2.15. The van der Waals surface area contributed by atoms with Gasteiger partial charge in [0.25, 0.3) is 5.91 Å². The number of anilines is 1. The van der Waals surface area contributed by atoms with Crippen molar-refractivity contribution < 1.29 is 9.18 Å². The van der Waals surface area contributed by atoms with Crippen molar-refractivity contribution in [1.29, 1.82) is 0 Å². The number of hydrogen-bond donors (Lipinski definition) is 3. The molecule has 1 amide bonds. The minimum absolute atomic E-state index is 0.00628. The zero-order valence-corrected chi connectivity index (χ0v) is 11.8. The molecule has 0 bridgehead atoms. The average Bonchev–Trinajstić information content (AvgIpc) is 2.99. The van der Waals surface area contributed by atoms with Crippen LogP contribution >= 0.6 is 0 Å². The molecule has 0 atom stereocenters. The lowest BCUT2D eigenvalue weighted by Gasteiger charge is -2.09. The molecule has 6 nitrogen and oxygen atoms in total.